The van der Waals surface area contributed by atoms with Crippen LogP contribution in [0.5, 0.6) is 0 Å². The zero-order chi connectivity index (χ0) is 8.55. The van der Waals surface area contributed by atoms with Gasteiger partial charge in [-0.2, -0.15) is 0 Å². The van der Waals surface area contributed by atoms with Crippen molar-refractivity contribution in [3.63, 3.8) is 0 Å². The van der Waals surface area contributed by atoms with Crippen molar-refractivity contribution in [2.75, 3.05) is 0 Å². The number of carbonyl (C=O) groups excluding carboxylic acids is 1. The lowest BCUT2D eigenvalue weighted by molar-refractivity contribution is -0.119. The molecule has 2 nitrogen and oxygen atoms in total. The molecule has 1 N–H and O–H groups in total. The van der Waals surface area contributed by atoms with Gasteiger partial charge in [0.1, 0.15) is 0 Å². The molecule has 1 aromatic carbocycles. The molecule has 0 saturated carbocycles. The van der Waals surface area contributed by atoms with Gasteiger partial charge in [-0.25, -0.2) is 0 Å². The van der Waals surface area contributed by atoms with Crippen LogP contribution in [0, 0.1) is 0 Å². The van der Waals surface area contributed by atoms with Crippen molar-refractivity contribution >= 4 is 5.91 Å². The van der Waals surface area contributed by atoms with E-state index in [9.17, 15) is 4.79 Å². The highest BCUT2D eigenvalue weighted by molar-refractivity contribution is 5.74. The fourth-order valence-corrected chi connectivity index (χ4v) is 1.63. The van der Waals surface area contributed by atoms with E-state index in [1.165, 1.54) is 11.1 Å². The zero-order valence-corrected chi connectivity index (χ0v) is 7.00. The summed E-state index contributed by atoms with van der Waals surface area (Å²) in [6.45, 7) is 1.56. The van der Waals surface area contributed by atoms with E-state index in [4.69, 9.17) is 0 Å². The number of hydrogen-bond acceptors (Lipinski definition) is 1. The number of nitrogens with one attached hydrogen (secondary N) is 1. The third-order valence-electron chi connectivity index (χ3n) is 2.23. The highest BCUT2D eigenvalue weighted by Gasteiger charge is 2.25. The molecule has 1 aliphatic carbocycles. The summed E-state index contributed by atoms with van der Waals surface area (Å²) in [5, 5.41) is 2.90. The molecule has 0 aromatic heterocycles. The minimum absolute atomic E-state index is 0.0505. The monoisotopic (exact) mass is 161 g/mol. The molecule has 0 aliphatic heterocycles. The van der Waals surface area contributed by atoms with Crippen molar-refractivity contribution in [3.8, 4) is 0 Å². The molecule has 0 spiro atoms. The maximum Gasteiger partial charge on any atom is 0.217 e. The van der Waals surface area contributed by atoms with Crippen LogP contribution >= 0.6 is 0 Å². The van der Waals surface area contributed by atoms with Gasteiger partial charge >= 0.3 is 0 Å². The molecule has 0 heterocycles. The van der Waals surface area contributed by atoms with Gasteiger partial charge < -0.3 is 5.32 Å². The van der Waals surface area contributed by atoms with E-state index < -0.39 is 0 Å². The maximum atomic E-state index is 10.7. The number of rotatable bonds is 1. The standard InChI is InChI=1S/C10H11NO/c1-7(12)11-10-6-8-4-2-3-5-9(8)10/h2-5,10H,6H2,1H3,(H,11,12)/t10-/m1/s1. The molecule has 1 aromatic rings. The minimum Gasteiger partial charge on any atom is -0.349 e. The first kappa shape index (κ1) is 7.35. The van der Waals surface area contributed by atoms with Crippen LogP contribution in [0.15, 0.2) is 24.3 Å². The van der Waals surface area contributed by atoms with Gasteiger partial charge in [-0.1, -0.05) is 24.3 Å². The number of carbonyl (C=O) groups is 1. The van der Waals surface area contributed by atoms with Crippen LogP contribution < -0.4 is 5.32 Å². The quantitative estimate of drug-likeness (QED) is 0.663. The second-order valence-electron chi connectivity index (χ2n) is 3.16. The van der Waals surface area contributed by atoms with Crippen molar-refractivity contribution in [1.82, 2.24) is 5.32 Å². The normalized spacial score (nSPS) is 19.2. The summed E-state index contributed by atoms with van der Waals surface area (Å²) in [7, 11) is 0. The second-order valence-corrected chi connectivity index (χ2v) is 3.16. The van der Waals surface area contributed by atoms with Crippen molar-refractivity contribution in [3.05, 3.63) is 35.4 Å². The second kappa shape index (κ2) is 2.63. The lowest BCUT2D eigenvalue weighted by Gasteiger charge is -2.30. The summed E-state index contributed by atoms with van der Waals surface area (Å²) in [5.41, 5.74) is 2.63. The van der Waals surface area contributed by atoms with Gasteiger partial charge in [0.05, 0.1) is 6.04 Å². The average Bonchev–Trinajstić information content (AvgIpc) is 2.00. The zero-order valence-electron chi connectivity index (χ0n) is 7.00. The minimum atomic E-state index is 0.0505. The largest absolute Gasteiger partial charge is 0.349 e. The van der Waals surface area contributed by atoms with E-state index in [-0.39, 0.29) is 11.9 Å². The van der Waals surface area contributed by atoms with Gasteiger partial charge in [0.25, 0.3) is 0 Å². The Balaban J connectivity index is 2.15. The first-order chi connectivity index (χ1) is 5.77. The molecule has 1 aliphatic rings. The predicted molar refractivity (Wildman–Crippen MR) is 46.7 cm³/mol. The van der Waals surface area contributed by atoms with Crippen molar-refractivity contribution in [2.45, 2.75) is 19.4 Å². The van der Waals surface area contributed by atoms with Crippen molar-refractivity contribution in [2.24, 2.45) is 0 Å². The Morgan fingerprint density at radius 3 is 2.92 bits per heavy atom. The van der Waals surface area contributed by atoms with E-state index >= 15 is 0 Å². The predicted octanol–water partition coefficient (Wildman–Crippen LogP) is 1.42. The van der Waals surface area contributed by atoms with Gasteiger partial charge in [-0.15, -0.1) is 0 Å². The Kier molecular flexibility index (Phi) is 1.61. The first-order valence-electron chi connectivity index (χ1n) is 4.12. The summed E-state index contributed by atoms with van der Waals surface area (Å²) in [6, 6.07) is 8.47. The SMILES string of the molecule is CC(=O)N[C@@H]1Cc2ccccc21. The topological polar surface area (TPSA) is 29.1 Å². The third-order valence-corrected chi connectivity index (χ3v) is 2.23. The molecule has 1 amide bonds. The Morgan fingerprint density at radius 1 is 1.50 bits per heavy atom. The van der Waals surface area contributed by atoms with Crippen LogP contribution in [0.3, 0.4) is 0 Å². The van der Waals surface area contributed by atoms with E-state index in [0.717, 1.165) is 6.42 Å². The molecular weight excluding hydrogens is 150 g/mol. The summed E-state index contributed by atoms with van der Waals surface area (Å²) in [4.78, 5) is 10.7. The van der Waals surface area contributed by atoms with Crippen LogP contribution in [0.4, 0.5) is 0 Å². The Morgan fingerprint density at radius 2 is 2.25 bits per heavy atom. The van der Waals surface area contributed by atoms with Gasteiger partial charge in [0, 0.05) is 6.92 Å². The molecule has 0 bridgehead atoms. The van der Waals surface area contributed by atoms with Crippen LogP contribution in [0.25, 0.3) is 0 Å². The number of fused-ring (bicyclic) bond motifs is 1. The fraction of sp³-hybridized carbons (Fsp3) is 0.300. The average molecular weight is 161 g/mol. The molecule has 0 saturated heterocycles. The highest BCUT2D eigenvalue weighted by Crippen LogP contribution is 2.32. The molecular formula is C10H11NO. The number of amides is 1. The van der Waals surface area contributed by atoms with E-state index in [1.807, 2.05) is 12.1 Å². The fourth-order valence-electron chi connectivity index (χ4n) is 1.63. The van der Waals surface area contributed by atoms with Crippen LogP contribution in [0.2, 0.25) is 0 Å². The number of benzene rings is 1. The van der Waals surface area contributed by atoms with Crippen molar-refractivity contribution in [1.29, 1.82) is 0 Å². The molecule has 2 rings (SSSR count). The lowest BCUT2D eigenvalue weighted by Crippen LogP contribution is -2.34. The maximum absolute atomic E-state index is 10.7. The molecule has 1 atom stereocenters. The number of hydrogen-bond donors (Lipinski definition) is 1. The van der Waals surface area contributed by atoms with Gasteiger partial charge in [0.15, 0.2) is 0 Å². The summed E-state index contributed by atoms with van der Waals surface area (Å²) in [6.07, 6.45) is 0.982. The van der Waals surface area contributed by atoms with Crippen molar-refractivity contribution < 1.29 is 4.79 Å². The van der Waals surface area contributed by atoms with E-state index in [0.29, 0.717) is 0 Å². The summed E-state index contributed by atoms with van der Waals surface area (Å²) < 4.78 is 0. The van der Waals surface area contributed by atoms with E-state index in [2.05, 4.69) is 17.4 Å². The summed E-state index contributed by atoms with van der Waals surface area (Å²) >= 11 is 0. The molecule has 2 heteroatoms. The molecule has 0 fully saturated rings. The highest BCUT2D eigenvalue weighted by atomic mass is 16.1. The molecule has 0 radical (unpaired) electrons. The van der Waals surface area contributed by atoms with Gasteiger partial charge in [-0.3, -0.25) is 4.79 Å². The Hall–Kier alpha value is -1.31. The van der Waals surface area contributed by atoms with Gasteiger partial charge in [-0.05, 0) is 17.5 Å². The molecule has 12 heavy (non-hydrogen) atoms. The lowest BCUT2D eigenvalue weighted by atomic mass is 9.83. The van der Waals surface area contributed by atoms with Crippen LogP contribution in [-0.2, 0) is 11.2 Å². The smallest absolute Gasteiger partial charge is 0.217 e. The van der Waals surface area contributed by atoms with E-state index in [1.54, 1.807) is 6.92 Å². The van der Waals surface area contributed by atoms with Crippen LogP contribution in [0.1, 0.15) is 24.1 Å². The molecule has 62 valence electrons. The molecule has 0 unspecified atom stereocenters. The third kappa shape index (κ3) is 1.09. The van der Waals surface area contributed by atoms with Crippen LogP contribution in [-0.4, -0.2) is 5.91 Å². The summed E-state index contributed by atoms with van der Waals surface area (Å²) in [5.74, 6) is 0.0505. The Labute approximate surface area is 71.6 Å². The van der Waals surface area contributed by atoms with Gasteiger partial charge in [0.2, 0.25) is 5.91 Å². The first-order valence-corrected chi connectivity index (χ1v) is 4.12. The Bertz CT molecular complexity index is 319.